The van der Waals surface area contributed by atoms with Crippen LogP contribution in [0, 0.1) is 0 Å². The van der Waals surface area contributed by atoms with Gasteiger partial charge in [-0.1, -0.05) is 24.3 Å². The molecule has 0 spiro atoms. The van der Waals surface area contributed by atoms with E-state index in [1.807, 2.05) is 0 Å². The number of hydrogen-bond acceptors (Lipinski definition) is 5. The Kier molecular flexibility index (Phi) is 5.62. The summed E-state index contributed by atoms with van der Waals surface area (Å²) >= 11 is 0. The highest BCUT2D eigenvalue weighted by molar-refractivity contribution is 5.81. The molecule has 0 aliphatic rings. The second-order valence-electron chi connectivity index (χ2n) is 4.93. The van der Waals surface area contributed by atoms with Crippen molar-refractivity contribution in [1.82, 2.24) is 5.32 Å². The number of rotatable bonds is 6. The number of carboxylic acids is 1. The van der Waals surface area contributed by atoms with E-state index in [9.17, 15) is 19.8 Å². The number of phenols is 1. The van der Waals surface area contributed by atoms with Gasteiger partial charge in [0.15, 0.2) is 6.04 Å². The summed E-state index contributed by atoms with van der Waals surface area (Å²) in [7, 11) is 1.55. The van der Waals surface area contributed by atoms with Gasteiger partial charge in [-0.15, -0.1) is 0 Å². The number of phenolic OH excluding ortho intramolecular Hbond substituents is 1. The maximum Gasteiger partial charge on any atom is 0.408 e. The predicted molar refractivity (Wildman–Crippen MR) is 84.8 cm³/mol. The molecule has 0 saturated carbocycles. The van der Waals surface area contributed by atoms with Crippen LogP contribution in [0.1, 0.15) is 17.2 Å². The Hall–Kier alpha value is -3.22. The first-order chi connectivity index (χ1) is 11.5. The SMILES string of the molecule is COc1ccc(COC(=O)N[C@H](C(=O)O)c2ccc(O)cc2)cc1. The second kappa shape index (κ2) is 7.87. The third-order valence-corrected chi connectivity index (χ3v) is 3.26. The molecule has 2 aromatic carbocycles. The fourth-order valence-electron chi connectivity index (χ4n) is 1.98. The number of aromatic hydroxyl groups is 1. The van der Waals surface area contributed by atoms with Gasteiger partial charge in [-0.3, -0.25) is 0 Å². The number of alkyl carbamates (subject to hydrolysis) is 1. The van der Waals surface area contributed by atoms with Gasteiger partial charge in [-0.05, 0) is 35.4 Å². The molecule has 1 amide bonds. The Morgan fingerprint density at radius 1 is 1.08 bits per heavy atom. The molecular formula is C17H17NO6. The number of hydrogen-bond donors (Lipinski definition) is 3. The van der Waals surface area contributed by atoms with E-state index in [2.05, 4.69) is 5.32 Å². The van der Waals surface area contributed by atoms with Crippen LogP contribution in [0.15, 0.2) is 48.5 Å². The number of ether oxygens (including phenoxy) is 2. The average Bonchev–Trinajstić information content (AvgIpc) is 2.59. The summed E-state index contributed by atoms with van der Waals surface area (Å²) in [6, 6.07) is 11.2. The molecule has 7 nitrogen and oxygen atoms in total. The van der Waals surface area contributed by atoms with Gasteiger partial charge in [0.25, 0.3) is 0 Å². The summed E-state index contributed by atoms with van der Waals surface area (Å²) in [6.07, 6.45) is -0.855. The van der Waals surface area contributed by atoms with Crippen LogP contribution in [0.2, 0.25) is 0 Å². The van der Waals surface area contributed by atoms with Crippen molar-refractivity contribution in [2.45, 2.75) is 12.6 Å². The molecule has 0 aliphatic heterocycles. The molecule has 24 heavy (non-hydrogen) atoms. The van der Waals surface area contributed by atoms with Crippen molar-refractivity contribution < 1.29 is 29.3 Å². The zero-order valence-corrected chi connectivity index (χ0v) is 12.9. The number of carbonyl (C=O) groups is 2. The third-order valence-electron chi connectivity index (χ3n) is 3.26. The van der Waals surface area contributed by atoms with Crippen LogP contribution < -0.4 is 10.1 Å². The van der Waals surface area contributed by atoms with E-state index < -0.39 is 18.1 Å². The van der Waals surface area contributed by atoms with Gasteiger partial charge in [0.1, 0.15) is 18.1 Å². The predicted octanol–water partition coefficient (Wildman–Crippen LogP) is 2.45. The number of aliphatic carboxylic acids is 1. The molecule has 126 valence electrons. The Bertz CT molecular complexity index is 696. The van der Waals surface area contributed by atoms with E-state index >= 15 is 0 Å². The summed E-state index contributed by atoms with van der Waals surface area (Å²) in [4.78, 5) is 23.1. The molecule has 1 atom stereocenters. The molecule has 2 rings (SSSR count). The highest BCUT2D eigenvalue weighted by Gasteiger charge is 2.22. The van der Waals surface area contributed by atoms with Crippen molar-refractivity contribution in [2.24, 2.45) is 0 Å². The minimum atomic E-state index is -1.27. The Morgan fingerprint density at radius 3 is 2.25 bits per heavy atom. The number of methoxy groups -OCH3 is 1. The lowest BCUT2D eigenvalue weighted by Crippen LogP contribution is -2.34. The summed E-state index contributed by atoms with van der Waals surface area (Å²) in [5.74, 6) is -0.548. The van der Waals surface area contributed by atoms with Gasteiger partial charge in [-0.25, -0.2) is 9.59 Å². The molecule has 0 bridgehead atoms. The fourth-order valence-corrected chi connectivity index (χ4v) is 1.98. The van der Waals surface area contributed by atoms with Gasteiger partial charge in [0, 0.05) is 0 Å². The lowest BCUT2D eigenvalue weighted by Gasteiger charge is -2.15. The van der Waals surface area contributed by atoms with Crippen molar-refractivity contribution in [3.8, 4) is 11.5 Å². The van der Waals surface area contributed by atoms with Crippen LogP contribution in [0.3, 0.4) is 0 Å². The Balaban J connectivity index is 1.95. The summed E-state index contributed by atoms with van der Waals surface area (Å²) < 4.78 is 10.1. The molecule has 0 aliphatic carbocycles. The molecule has 2 aromatic rings. The highest BCUT2D eigenvalue weighted by Crippen LogP contribution is 2.18. The van der Waals surface area contributed by atoms with Crippen LogP contribution in [0.25, 0.3) is 0 Å². The fraction of sp³-hybridized carbons (Fsp3) is 0.176. The third kappa shape index (κ3) is 4.64. The van der Waals surface area contributed by atoms with E-state index in [1.54, 1.807) is 31.4 Å². The zero-order valence-electron chi connectivity index (χ0n) is 12.9. The molecule has 0 radical (unpaired) electrons. The largest absolute Gasteiger partial charge is 0.508 e. The number of nitrogens with one attached hydrogen (secondary N) is 1. The van der Waals surface area contributed by atoms with Crippen LogP contribution in [-0.2, 0) is 16.1 Å². The molecule has 0 heterocycles. The lowest BCUT2D eigenvalue weighted by atomic mass is 10.1. The van der Waals surface area contributed by atoms with E-state index in [0.29, 0.717) is 11.3 Å². The van der Waals surface area contributed by atoms with Crippen LogP contribution in [-0.4, -0.2) is 29.4 Å². The summed E-state index contributed by atoms with van der Waals surface area (Å²) in [6.45, 7) is -0.00224. The summed E-state index contributed by atoms with van der Waals surface area (Å²) in [5.41, 5.74) is 1.06. The van der Waals surface area contributed by atoms with Gasteiger partial charge >= 0.3 is 12.1 Å². The Labute approximate surface area is 138 Å². The van der Waals surface area contributed by atoms with Gasteiger partial charge < -0.3 is 25.0 Å². The van der Waals surface area contributed by atoms with Crippen LogP contribution >= 0.6 is 0 Å². The van der Waals surface area contributed by atoms with E-state index in [1.165, 1.54) is 24.3 Å². The standard InChI is InChI=1S/C17H17NO6/c1-23-14-8-2-11(3-9-14)10-24-17(22)18-15(16(20)21)12-4-6-13(19)7-5-12/h2-9,15,19H,10H2,1H3,(H,18,22)(H,20,21)/t15-/m0/s1. The lowest BCUT2D eigenvalue weighted by molar-refractivity contribution is -0.139. The van der Waals surface area contributed by atoms with E-state index in [4.69, 9.17) is 9.47 Å². The van der Waals surface area contributed by atoms with Crippen molar-refractivity contribution in [1.29, 1.82) is 0 Å². The topological polar surface area (TPSA) is 105 Å². The van der Waals surface area contributed by atoms with Crippen LogP contribution in [0.4, 0.5) is 4.79 Å². The first-order valence-corrected chi connectivity index (χ1v) is 7.07. The van der Waals surface area contributed by atoms with Gasteiger partial charge in [0.05, 0.1) is 7.11 Å². The first kappa shape index (κ1) is 17.1. The molecule has 0 saturated heterocycles. The normalized spacial score (nSPS) is 11.4. The summed E-state index contributed by atoms with van der Waals surface area (Å²) in [5, 5.41) is 20.8. The van der Waals surface area contributed by atoms with Crippen molar-refractivity contribution >= 4 is 12.1 Å². The first-order valence-electron chi connectivity index (χ1n) is 7.07. The molecule has 7 heteroatoms. The molecule has 0 aromatic heterocycles. The average molecular weight is 331 g/mol. The van der Waals surface area contributed by atoms with Crippen molar-refractivity contribution in [3.05, 3.63) is 59.7 Å². The van der Waals surface area contributed by atoms with Crippen LogP contribution in [0.5, 0.6) is 11.5 Å². The minimum Gasteiger partial charge on any atom is -0.508 e. The molecule has 3 N–H and O–H groups in total. The Morgan fingerprint density at radius 2 is 1.71 bits per heavy atom. The quantitative estimate of drug-likeness (QED) is 0.751. The number of amides is 1. The van der Waals surface area contributed by atoms with E-state index in [0.717, 1.165) is 5.56 Å². The molecule has 0 unspecified atom stereocenters. The molecular weight excluding hydrogens is 314 g/mol. The van der Waals surface area contributed by atoms with E-state index in [-0.39, 0.29) is 12.4 Å². The van der Waals surface area contributed by atoms with Crippen molar-refractivity contribution in [3.63, 3.8) is 0 Å². The van der Waals surface area contributed by atoms with Gasteiger partial charge in [0.2, 0.25) is 0 Å². The monoisotopic (exact) mass is 331 g/mol. The number of carboxylic acid groups (broad SMARTS) is 1. The maximum absolute atomic E-state index is 11.8. The smallest absolute Gasteiger partial charge is 0.408 e. The van der Waals surface area contributed by atoms with Gasteiger partial charge in [-0.2, -0.15) is 0 Å². The maximum atomic E-state index is 11.8. The van der Waals surface area contributed by atoms with Crippen molar-refractivity contribution in [2.75, 3.05) is 7.11 Å². The number of benzene rings is 2. The minimum absolute atomic E-state index is 0.00224. The highest BCUT2D eigenvalue weighted by atomic mass is 16.5. The molecule has 0 fully saturated rings. The zero-order chi connectivity index (χ0) is 17.5. The second-order valence-corrected chi connectivity index (χ2v) is 4.93. The number of carbonyl (C=O) groups excluding carboxylic acids is 1.